The van der Waals surface area contributed by atoms with Gasteiger partial charge in [0.05, 0.1) is 12.1 Å². The molecule has 1 aromatic heterocycles. The Morgan fingerprint density at radius 1 is 1.29 bits per heavy atom. The van der Waals surface area contributed by atoms with Crippen molar-refractivity contribution in [2.75, 3.05) is 0 Å². The third-order valence-corrected chi connectivity index (χ3v) is 4.72. The molecule has 0 bridgehead atoms. The van der Waals surface area contributed by atoms with Gasteiger partial charge in [-0.1, -0.05) is 36.6 Å². The van der Waals surface area contributed by atoms with E-state index in [2.05, 4.69) is 10.1 Å². The smallest absolute Gasteiger partial charge is 0.137 e. The van der Waals surface area contributed by atoms with E-state index in [0.717, 1.165) is 30.7 Å². The maximum Gasteiger partial charge on any atom is 0.137 e. The van der Waals surface area contributed by atoms with Crippen LogP contribution in [0.15, 0.2) is 36.9 Å². The maximum atomic E-state index is 11.1. The Kier molecular flexibility index (Phi) is 4.27. The molecule has 21 heavy (non-hydrogen) atoms. The average Bonchev–Trinajstić information content (AvgIpc) is 2.96. The van der Waals surface area contributed by atoms with Gasteiger partial charge >= 0.3 is 0 Å². The van der Waals surface area contributed by atoms with Gasteiger partial charge in [0.25, 0.3) is 0 Å². The second kappa shape index (κ2) is 6.16. The molecule has 0 amide bonds. The van der Waals surface area contributed by atoms with Crippen LogP contribution in [-0.4, -0.2) is 25.5 Å². The molecule has 2 aromatic rings. The van der Waals surface area contributed by atoms with Gasteiger partial charge in [-0.05, 0) is 42.9 Å². The van der Waals surface area contributed by atoms with Crippen molar-refractivity contribution in [3.8, 4) is 0 Å². The molecule has 1 heterocycles. The zero-order valence-corrected chi connectivity index (χ0v) is 12.7. The van der Waals surface area contributed by atoms with Crippen molar-refractivity contribution in [2.24, 2.45) is 5.92 Å². The first kappa shape index (κ1) is 14.5. The lowest BCUT2D eigenvalue weighted by atomic mass is 9.72. The van der Waals surface area contributed by atoms with Gasteiger partial charge in [-0.3, -0.25) is 4.68 Å². The van der Waals surface area contributed by atoms with Gasteiger partial charge in [-0.15, -0.1) is 0 Å². The summed E-state index contributed by atoms with van der Waals surface area (Å²) >= 11 is 5.94. The number of aromatic nitrogens is 3. The highest BCUT2D eigenvalue weighted by molar-refractivity contribution is 6.30. The average molecular weight is 306 g/mol. The quantitative estimate of drug-likeness (QED) is 0.944. The Hall–Kier alpha value is -1.39. The summed E-state index contributed by atoms with van der Waals surface area (Å²) in [6, 6.07) is 7.92. The molecule has 2 unspecified atom stereocenters. The fourth-order valence-electron chi connectivity index (χ4n) is 3.29. The lowest BCUT2D eigenvalue weighted by molar-refractivity contribution is -0.0637. The minimum atomic E-state index is -0.703. The minimum Gasteiger partial charge on any atom is -0.388 e. The van der Waals surface area contributed by atoms with E-state index in [-0.39, 0.29) is 5.92 Å². The number of rotatable bonds is 4. The van der Waals surface area contributed by atoms with Crippen LogP contribution in [0, 0.1) is 5.92 Å². The van der Waals surface area contributed by atoms with Crippen molar-refractivity contribution in [3.05, 3.63) is 47.5 Å². The fourth-order valence-corrected chi connectivity index (χ4v) is 3.42. The maximum absolute atomic E-state index is 11.1. The highest BCUT2D eigenvalue weighted by Crippen LogP contribution is 2.37. The molecule has 4 nitrogen and oxygen atoms in total. The Bertz CT molecular complexity index is 570. The monoisotopic (exact) mass is 305 g/mol. The van der Waals surface area contributed by atoms with Gasteiger partial charge in [-0.2, -0.15) is 5.10 Å². The summed E-state index contributed by atoms with van der Waals surface area (Å²) in [7, 11) is 0. The van der Waals surface area contributed by atoms with Crippen molar-refractivity contribution >= 4 is 11.6 Å². The molecule has 1 N–H and O–H groups in total. The largest absolute Gasteiger partial charge is 0.388 e. The lowest BCUT2D eigenvalue weighted by Crippen LogP contribution is -2.45. The van der Waals surface area contributed by atoms with Gasteiger partial charge in [0, 0.05) is 5.02 Å². The number of benzene rings is 1. The number of nitrogens with zero attached hydrogens (tertiary/aromatic N) is 3. The molecule has 1 aliphatic rings. The van der Waals surface area contributed by atoms with Crippen LogP contribution in [0.3, 0.4) is 0 Å². The van der Waals surface area contributed by atoms with E-state index in [0.29, 0.717) is 6.54 Å². The van der Waals surface area contributed by atoms with E-state index in [1.165, 1.54) is 18.3 Å². The predicted molar refractivity (Wildman–Crippen MR) is 82.1 cm³/mol. The first-order valence-corrected chi connectivity index (χ1v) is 7.83. The summed E-state index contributed by atoms with van der Waals surface area (Å²) in [6.07, 6.45) is 8.19. The Morgan fingerprint density at radius 2 is 2.10 bits per heavy atom. The lowest BCUT2D eigenvalue weighted by Gasteiger charge is -2.40. The number of halogens is 1. The fraction of sp³-hybridized carbons (Fsp3) is 0.500. The molecule has 1 aliphatic carbocycles. The molecule has 2 atom stereocenters. The molecular formula is C16H20ClN3O. The highest BCUT2D eigenvalue weighted by atomic mass is 35.5. The number of hydrogen-bond donors (Lipinski definition) is 1. The molecule has 1 saturated carbocycles. The van der Waals surface area contributed by atoms with E-state index < -0.39 is 5.60 Å². The van der Waals surface area contributed by atoms with Crippen LogP contribution in [0.25, 0.3) is 0 Å². The molecule has 0 spiro atoms. The van der Waals surface area contributed by atoms with Gasteiger partial charge in [-0.25, -0.2) is 4.98 Å². The van der Waals surface area contributed by atoms with Gasteiger partial charge in [0.1, 0.15) is 12.7 Å². The van der Waals surface area contributed by atoms with E-state index in [1.54, 1.807) is 11.0 Å². The first-order valence-electron chi connectivity index (χ1n) is 7.45. The van der Waals surface area contributed by atoms with Crippen molar-refractivity contribution < 1.29 is 5.11 Å². The molecule has 0 aliphatic heterocycles. The Labute approximate surface area is 129 Å². The second-order valence-corrected chi connectivity index (χ2v) is 6.41. The first-order chi connectivity index (χ1) is 10.2. The summed E-state index contributed by atoms with van der Waals surface area (Å²) in [5.74, 6) is 0.247. The zero-order valence-electron chi connectivity index (χ0n) is 12.0. The van der Waals surface area contributed by atoms with Crippen LogP contribution in [0.1, 0.15) is 31.2 Å². The molecule has 3 rings (SSSR count). The van der Waals surface area contributed by atoms with E-state index in [9.17, 15) is 5.11 Å². The Morgan fingerprint density at radius 3 is 2.81 bits per heavy atom. The summed E-state index contributed by atoms with van der Waals surface area (Å²) in [6.45, 7) is 0.519. The van der Waals surface area contributed by atoms with Gasteiger partial charge in [0.2, 0.25) is 0 Å². The van der Waals surface area contributed by atoms with Crippen LogP contribution < -0.4 is 0 Å². The topological polar surface area (TPSA) is 50.9 Å². The zero-order chi connectivity index (χ0) is 14.7. The standard InChI is InChI=1S/C16H20ClN3O/c17-15-6-4-13(5-7-15)9-14-3-1-2-8-16(14,21)10-20-12-18-11-19-20/h4-7,11-12,14,21H,1-3,8-10H2. The summed E-state index contributed by atoms with van der Waals surface area (Å²) < 4.78 is 1.74. The van der Waals surface area contributed by atoms with Crippen molar-refractivity contribution in [1.82, 2.24) is 14.8 Å². The second-order valence-electron chi connectivity index (χ2n) is 5.97. The molecular weight excluding hydrogens is 286 g/mol. The molecule has 112 valence electrons. The van der Waals surface area contributed by atoms with Crippen molar-refractivity contribution in [1.29, 1.82) is 0 Å². The third kappa shape index (κ3) is 3.44. The van der Waals surface area contributed by atoms with E-state index in [1.807, 2.05) is 24.3 Å². The third-order valence-electron chi connectivity index (χ3n) is 4.47. The van der Waals surface area contributed by atoms with Gasteiger partial charge < -0.3 is 5.11 Å². The molecule has 0 saturated heterocycles. The van der Waals surface area contributed by atoms with Crippen LogP contribution in [-0.2, 0) is 13.0 Å². The van der Waals surface area contributed by atoms with Crippen LogP contribution in [0.2, 0.25) is 5.02 Å². The molecule has 1 aromatic carbocycles. The summed E-state index contributed by atoms with van der Waals surface area (Å²) in [5.41, 5.74) is 0.523. The van der Waals surface area contributed by atoms with Gasteiger partial charge in [0.15, 0.2) is 0 Å². The highest BCUT2D eigenvalue weighted by Gasteiger charge is 2.39. The van der Waals surface area contributed by atoms with Crippen LogP contribution >= 0.6 is 11.6 Å². The molecule has 1 fully saturated rings. The summed E-state index contributed by atoms with van der Waals surface area (Å²) in [5, 5.41) is 16.0. The summed E-state index contributed by atoms with van der Waals surface area (Å²) in [4.78, 5) is 3.96. The number of hydrogen-bond acceptors (Lipinski definition) is 3. The van der Waals surface area contributed by atoms with E-state index >= 15 is 0 Å². The Balaban J connectivity index is 1.75. The minimum absolute atomic E-state index is 0.247. The number of aliphatic hydroxyl groups is 1. The predicted octanol–water partition coefficient (Wildman–Crippen LogP) is 3.10. The van der Waals surface area contributed by atoms with Crippen LogP contribution in [0.5, 0.6) is 0 Å². The SMILES string of the molecule is OC1(Cn2cncn2)CCCCC1Cc1ccc(Cl)cc1. The normalized spacial score (nSPS) is 25.9. The van der Waals surface area contributed by atoms with Crippen molar-refractivity contribution in [3.63, 3.8) is 0 Å². The molecule has 5 heteroatoms. The van der Waals surface area contributed by atoms with Crippen molar-refractivity contribution in [2.45, 2.75) is 44.2 Å². The van der Waals surface area contributed by atoms with Crippen LogP contribution in [0.4, 0.5) is 0 Å². The van der Waals surface area contributed by atoms with E-state index in [4.69, 9.17) is 11.6 Å². The molecule has 0 radical (unpaired) electrons.